The summed E-state index contributed by atoms with van der Waals surface area (Å²) in [4.78, 5) is 33.3. The van der Waals surface area contributed by atoms with Gasteiger partial charge in [0, 0.05) is 25.7 Å². The molecule has 0 atom stereocenters. The third-order valence-electron chi connectivity index (χ3n) is 6.07. The van der Waals surface area contributed by atoms with Gasteiger partial charge in [-0.25, -0.2) is 0 Å². The summed E-state index contributed by atoms with van der Waals surface area (Å²) in [6.07, 6.45) is 26.9. The fraction of sp³-hybridized carbons (Fsp3) is 0.821. The first kappa shape index (κ1) is 31.4. The Morgan fingerprint density at radius 1 is 0.545 bits per heavy atom. The van der Waals surface area contributed by atoms with E-state index in [2.05, 4.69) is 16.9 Å². The van der Waals surface area contributed by atoms with Crippen LogP contribution in [-0.4, -0.2) is 29.9 Å². The molecule has 0 aliphatic heterocycles. The van der Waals surface area contributed by atoms with Crippen molar-refractivity contribution in [3.8, 4) is 0 Å². The monoisotopic (exact) mass is 466 g/mol. The van der Waals surface area contributed by atoms with Crippen molar-refractivity contribution in [2.45, 2.75) is 141 Å². The van der Waals surface area contributed by atoms with Crippen LogP contribution in [0.4, 0.5) is 0 Å². The Balaban J connectivity index is 3.24. The molecule has 0 unspecified atom stereocenters. The second-order valence-electron chi connectivity index (χ2n) is 9.21. The lowest BCUT2D eigenvalue weighted by molar-refractivity contribution is -0.141. The first-order valence-corrected chi connectivity index (χ1v) is 13.5. The van der Waals surface area contributed by atoms with E-state index in [1.54, 1.807) is 0 Å². The van der Waals surface area contributed by atoms with Crippen LogP contribution in [0.5, 0.6) is 0 Å². The molecule has 0 aliphatic carbocycles. The van der Waals surface area contributed by atoms with Gasteiger partial charge in [0.15, 0.2) is 0 Å². The molecule has 33 heavy (non-hydrogen) atoms. The quantitative estimate of drug-likeness (QED) is 0.0838. The number of carboxylic acids is 1. The number of allylic oxidation sites excluding steroid dienone is 2. The molecule has 0 amide bonds. The molecule has 0 spiro atoms. The topological polar surface area (TPSA) is 80.7 Å². The molecule has 5 nitrogen and oxygen atoms in total. The number of methoxy groups -OCH3 is 1. The van der Waals surface area contributed by atoms with Crippen LogP contribution in [0.2, 0.25) is 0 Å². The van der Waals surface area contributed by atoms with E-state index in [4.69, 9.17) is 5.11 Å². The third kappa shape index (κ3) is 26.5. The number of esters is 1. The predicted octanol–water partition coefficient (Wildman–Crippen LogP) is 7.95. The zero-order valence-corrected chi connectivity index (χ0v) is 21.3. The van der Waals surface area contributed by atoms with E-state index in [1.165, 1.54) is 58.5 Å². The lowest BCUT2D eigenvalue weighted by atomic mass is 10.0. The molecule has 0 radical (unpaired) electrons. The first-order valence-electron chi connectivity index (χ1n) is 13.5. The molecule has 0 fully saturated rings. The number of carboxylic acid groups (broad SMARTS) is 1. The second-order valence-corrected chi connectivity index (χ2v) is 9.21. The molecule has 0 saturated carbocycles. The second kappa shape index (κ2) is 25.0. The van der Waals surface area contributed by atoms with Crippen LogP contribution in [0.15, 0.2) is 12.2 Å². The molecule has 0 rings (SSSR count). The fourth-order valence-electron chi connectivity index (χ4n) is 3.94. The minimum atomic E-state index is -0.717. The largest absolute Gasteiger partial charge is 0.481 e. The molecule has 0 saturated heterocycles. The molecule has 0 bridgehead atoms. The molecule has 192 valence electrons. The normalized spacial score (nSPS) is 11.2. The van der Waals surface area contributed by atoms with Crippen molar-refractivity contribution in [3.63, 3.8) is 0 Å². The van der Waals surface area contributed by atoms with Gasteiger partial charge < -0.3 is 9.84 Å². The van der Waals surface area contributed by atoms with Crippen LogP contribution in [0.25, 0.3) is 0 Å². The Labute approximate surface area is 202 Å². The summed E-state index contributed by atoms with van der Waals surface area (Å²) in [5, 5.41) is 8.58. The fourth-order valence-corrected chi connectivity index (χ4v) is 3.94. The van der Waals surface area contributed by atoms with Crippen molar-refractivity contribution in [3.05, 3.63) is 12.2 Å². The van der Waals surface area contributed by atoms with Crippen LogP contribution in [0.3, 0.4) is 0 Å². The van der Waals surface area contributed by atoms with Crippen molar-refractivity contribution in [2.24, 2.45) is 0 Å². The molecular formula is C28H50O5. The number of hydrogen-bond acceptors (Lipinski definition) is 4. The van der Waals surface area contributed by atoms with Crippen LogP contribution < -0.4 is 0 Å². The number of Topliss-reactive ketones (excluding diaryl/α,β-unsaturated/α-hetero) is 1. The number of carbonyl (C=O) groups excluding carboxylic acids is 2. The summed E-state index contributed by atoms with van der Waals surface area (Å²) in [6.45, 7) is 0. The number of ketones is 1. The molecule has 0 aromatic carbocycles. The molecule has 0 aromatic heterocycles. The van der Waals surface area contributed by atoms with E-state index in [0.717, 1.165) is 70.6 Å². The molecule has 5 heteroatoms. The van der Waals surface area contributed by atoms with Crippen LogP contribution in [0, 0.1) is 0 Å². The molecule has 0 heterocycles. The number of rotatable bonds is 25. The van der Waals surface area contributed by atoms with Crippen LogP contribution in [0.1, 0.15) is 141 Å². The summed E-state index contributed by atoms with van der Waals surface area (Å²) in [5.41, 5.74) is 0. The number of carbonyl (C=O) groups is 3. The van der Waals surface area contributed by atoms with Gasteiger partial charge in [0.2, 0.25) is 0 Å². The third-order valence-corrected chi connectivity index (χ3v) is 6.07. The van der Waals surface area contributed by atoms with Gasteiger partial charge in [-0.3, -0.25) is 14.4 Å². The van der Waals surface area contributed by atoms with Crippen molar-refractivity contribution in [2.75, 3.05) is 7.11 Å². The Hall–Kier alpha value is -1.65. The highest BCUT2D eigenvalue weighted by molar-refractivity contribution is 5.78. The predicted molar refractivity (Wildman–Crippen MR) is 135 cm³/mol. The maximum Gasteiger partial charge on any atom is 0.305 e. The number of aliphatic carboxylic acids is 1. The highest BCUT2D eigenvalue weighted by Gasteiger charge is 2.03. The Bertz CT molecular complexity index is 512. The maximum absolute atomic E-state index is 11.9. The summed E-state index contributed by atoms with van der Waals surface area (Å²) in [5.74, 6) is -0.420. The molecule has 1 N–H and O–H groups in total. The molecular weight excluding hydrogens is 416 g/mol. The number of ether oxygens (including phenoxy) is 1. The van der Waals surface area contributed by atoms with Crippen molar-refractivity contribution < 1.29 is 24.2 Å². The smallest absolute Gasteiger partial charge is 0.305 e. The summed E-state index contributed by atoms with van der Waals surface area (Å²) >= 11 is 0. The van der Waals surface area contributed by atoms with Gasteiger partial charge in [0.05, 0.1) is 7.11 Å². The van der Waals surface area contributed by atoms with Gasteiger partial charge in [-0.05, 0) is 51.4 Å². The zero-order valence-electron chi connectivity index (χ0n) is 21.3. The SMILES string of the molecule is COC(=O)CCCCCCC/C=C\CCCCCCCCC(=O)CCCCCCCC(=O)O. The summed E-state index contributed by atoms with van der Waals surface area (Å²) in [6, 6.07) is 0. The van der Waals surface area contributed by atoms with E-state index in [0.29, 0.717) is 18.6 Å². The Morgan fingerprint density at radius 2 is 0.909 bits per heavy atom. The van der Waals surface area contributed by atoms with Gasteiger partial charge in [0.25, 0.3) is 0 Å². The van der Waals surface area contributed by atoms with E-state index in [1.807, 2.05) is 0 Å². The highest BCUT2D eigenvalue weighted by Crippen LogP contribution is 2.13. The average Bonchev–Trinajstić information content (AvgIpc) is 2.79. The van der Waals surface area contributed by atoms with Gasteiger partial charge in [-0.2, -0.15) is 0 Å². The van der Waals surface area contributed by atoms with Gasteiger partial charge >= 0.3 is 11.9 Å². The van der Waals surface area contributed by atoms with Crippen molar-refractivity contribution in [1.82, 2.24) is 0 Å². The lowest BCUT2D eigenvalue weighted by Crippen LogP contribution is -1.98. The first-order chi connectivity index (χ1) is 16.1. The summed E-state index contributed by atoms with van der Waals surface area (Å²) in [7, 11) is 1.45. The number of hydrogen-bond donors (Lipinski definition) is 1. The average molecular weight is 467 g/mol. The van der Waals surface area contributed by atoms with Crippen molar-refractivity contribution >= 4 is 17.7 Å². The number of unbranched alkanes of at least 4 members (excludes halogenated alkanes) is 15. The minimum absolute atomic E-state index is 0.0981. The van der Waals surface area contributed by atoms with E-state index in [9.17, 15) is 14.4 Å². The van der Waals surface area contributed by atoms with Gasteiger partial charge in [-0.15, -0.1) is 0 Å². The maximum atomic E-state index is 11.9. The van der Waals surface area contributed by atoms with Crippen LogP contribution >= 0.6 is 0 Å². The lowest BCUT2D eigenvalue weighted by Gasteiger charge is -2.03. The highest BCUT2D eigenvalue weighted by atomic mass is 16.5. The Morgan fingerprint density at radius 3 is 1.33 bits per heavy atom. The standard InChI is InChI=1S/C28H50O5/c1-33-28(32)25-21-17-12-10-8-6-4-2-3-5-7-9-11-14-18-22-26(29)23-19-15-13-16-20-24-27(30)31/h2,4H,3,5-25H2,1H3,(H,30,31)/b4-2-. The summed E-state index contributed by atoms with van der Waals surface area (Å²) < 4.78 is 4.64. The van der Waals surface area contributed by atoms with Crippen molar-refractivity contribution in [1.29, 1.82) is 0 Å². The molecule has 0 aromatic rings. The van der Waals surface area contributed by atoms with E-state index >= 15 is 0 Å². The minimum Gasteiger partial charge on any atom is -0.481 e. The van der Waals surface area contributed by atoms with Gasteiger partial charge in [-0.1, -0.05) is 76.4 Å². The zero-order chi connectivity index (χ0) is 24.4. The Kier molecular flexibility index (Phi) is 23.7. The van der Waals surface area contributed by atoms with E-state index < -0.39 is 5.97 Å². The van der Waals surface area contributed by atoms with Gasteiger partial charge in [0.1, 0.15) is 5.78 Å². The molecule has 0 aliphatic rings. The van der Waals surface area contributed by atoms with E-state index in [-0.39, 0.29) is 12.4 Å². The van der Waals surface area contributed by atoms with Crippen LogP contribution in [-0.2, 0) is 19.1 Å².